The van der Waals surface area contributed by atoms with Crippen molar-refractivity contribution in [2.45, 2.75) is 27.2 Å². The molecule has 0 radical (unpaired) electrons. The first kappa shape index (κ1) is 19.1. The molecule has 1 saturated heterocycles. The molecule has 3 amide bonds. The number of nitrogens with zero attached hydrogens (tertiary/aromatic N) is 1. The molecule has 2 aromatic carbocycles. The van der Waals surface area contributed by atoms with Crippen LogP contribution in [-0.2, 0) is 9.59 Å². The van der Waals surface area contributed by atoms with Gasteiger partial charge in [0.25, 0.3) is 5.91 Å². The van der Waals surface area contributed by atoms with E-state index in [0.717, 1.165) is 16.8 Å². The molecule has 148 valence electrons. The summed E-state index contributed by atoms with van der Waals surface area (Å²) in [4.78, 5) is 39.5. The molecule has 2 aliphatic rings. The van der Waals surface area contributed by atoms with E-state index >= 15 is 0 Å². The summed E-state index contributed by atoms with van der Waals surface area (Å²) < 4.78 is 0. The van der Waals surface area contributed by atoms with Crippen molar-refractivity contribution in [1.82, 2.24) is 0 Å². The molecule has 1 heterocycles. The van der Waals surface area contributed by atoms with Gasteiger partial charge in [-0.2, -0.15) is 0 Å². The Labute approximate surface area is 170 Å². The smallest absolute Gasteiger partial charge is 0.255 e. The molecule has 1 N–H and O–H groups in total. The van der Waals surface area contributed by atoms with Gasteiger partial charge in [0.15, 0.2) is 0 Å². The average molecular weight is 388 g/mol. The Balaban J connectivity index is 1.52. The van der Waals surface area contributed by atoms with Gasteiger partial charge >= 0.3 is 0 Å². The van der Waals surface area contributed by atoms with Gasteiger partial charge < -0.3 is 5.32 Å². The third-order valence-corrected chi connectivity index (χ3v) is 6.03. The molecule has 0 bridgehead atoms. The Morgan fingerprint density at radius 3 is 2.38 bits per heavy atom. The highest BCUT2D eigenvalue weighted by atomic mass is 16.2. The van der Waals surface area contributed by atoms with E-state index in [-0.39, 0.29) is 35.5 Å². The van der Waals surface area contributed by atoms with Gasteiger partial charge in [-0.3, -0.25) is 19.3 Å². The third kappa shape index (κ3) is 3.37. The number of imide groups is 1. The van der Waals surface area contributed by atoms with Crippen LogP contribution in [0.3, 0.4) is 0 Å². The summed E-state index contributed by atoms with van der Waals surface area (Å²) in [5.41, 5.74) is 3.99. The largest absolute Gasteiger partial charge is 0.322 e. The number of hydrogen-bond donors (Lipinski definition) is 1. The topological polar surface area (TPSA) is 66.5 Å². The second kappa shape index (κ2) is 7.32. The number of allylic oxidation sites excluding steroid dienone is 2. The van der Waals surface area contributed by atoms with Crippen LogP contribution in [0.1, 0.15) is 34.8 Å². The van der Waals surface area contributed by atoms with Crippen LogP contribution in [0.2, 0.25) is 0 Å². The summed E-state index contributed by atoms with van der Waals surface area (Å²) in [6, 6.07) is 12.4. The first-order chi connectivity index (χ1) is 13.9. The number of carbonyl (C=O) groups excluding carboxylic acids is 3. The highest BCUT2D eigenvalue weighted by Crippen LogP contribution is 2.40. The lowest BCUT2D eigenvalue weighted by Crippen LogP contribution is -2.31. The van der Waals surface area contributed by atoms with Crippen molar-refractivity contribution in [2.75, 3.05) is 10.2 Å². The number of nitrogens with one attached hydrogen (secondary N) is 1. The van der Waals surface area contributed by atoms with Crippen LogP contribution in [0, 0.1) is 31.6 Å². The second-order valence-corrected chi connectivity index (χ2v) is 7.97. The van der Waals surface area contributed by atoms with E-state index < -0.39 is 0 Å². The summed E-state index contributed by atoms with van der Waals surface area (Å²) in [6.45, 7) is 5.99. The molecule has 1 aliphatic carbocycles. The van der Waals surface area contributed by atoms with Crippen LogP contribution >= 0.6 is 0 Å². The van der Waals surface area contributed by atoms with Crippen LogP contribution in [-0.4, -0.2) is 17.7 Å². The van der Waals surface area contributed by atoms with Crippen LogP contribution < -0.4 is 10.2 Å². The molecule has 1 fully saturated rings. The zero-order chi connectivity index (χ0) is 20.7. The normalized spacial score (nSPS) is 23.3. The standard InChI is InChI=1S/C24H24N2O3/c1-14-7-10-18(13-16(14)3)25-22(27)17-8-11-19(12-9-17)26-23(28)20-6-4-5-15(2)21(20)24(26)29/h4-5,7-13,15,20-21H,6H2,1-3H3,(H,25,27)/t15-,20-,21-/m1/s1. The number of fused-ring (bicyclic) bond motifs is 1. The zero-order valence-electron chi connectivity index (χ0n) is 16.8. The van der Waals surface area contributed by atoms with E-state index in [9.17, 15) is 14.4 Å². The van der Waals surface area contributed by atoms with Gasteiger partial charge in [-0.15, -0.1) is 0 Å². The van der Waals surface area contributed by atoms with E-state index in [0.29, 0.717) is 17.7 Å². The zero-order valence-corrected chi connectivity index (χ0v) is 16.8. The van der Waals surface area contributed by atoms with E-state index in [1.165, 1.54) is 4.90 Å². The number of amides is 3. The predicted molar refractivity (Wildman–Crippen MR) is 113 cm³/mol. The highest BCUT2D eigenvalue weighted by Gasteiger charge is 2.50. The molecule has 0 aromatic heterocycles. The first-order valence-electron chi connectivity index (χ1n) is 9.90. The number of benzene rings is 2. The molecular formula is C24H24N2O3. The average Bonchev–Trinajstić information content (AvgIpc) is 2.96. The Kier molecular flexibility index (Phi) is 4.82. The Morgan fingerprint density at radius 1 is 1.00 bits per heavy atom. The fraction of sp³-hybridized carbons (Fsp3) is 0.292. The predicted octanol–water partition coefficient (Wildman–Crippen LogP) is 4.26. The van der Waals surface area contributed by atoms with Crippen LogP contribution in [0.25, 0.3) is 0 Å². The van der Waals surface area contributed by atoms with Gasteiger partial charge in [0, 0.05) is 11.3 Å². The maximum absolute atomic E-state index is 12.9. The molecule has 0 spiro atoms. The number of anilines is 2. The van der Waals surface area contributed by atoms with Crippen LogP contribution in [0.15, 0.2) is 54.6 Å². The molecule has 0 unspecified atom stereocenters. The van der Waals surface area contributed by atoms with Crippen molar-refractivity contribution in [2.24, 2.45) is 17.8 Å². The lowest BCUT2D eigenvalue weighted by atomic mass is 9.78. The quantitative estimate of drug-likeness (QED) is 0.631. The highest BCUT2D eigenvalue weighted by molar-refractivity contribution is 6.22. The minimum atomic E-state index is -0.291. The fourth-order valence-corrected chi connectivity index (χ4v) is 4.19. The molecule has 4 rings (SSSR count). The summed E-state index contributed by atoms with van der Waals surface area (Å²) >= 11 is 0. The van der Waals surface area contributed by atoms with Gasteiger partial charge in [0.1, 0.15) is 0 Å². The summed E-state index contributed by atoms with van der Waals surface area (Å²) in [7, 11) is 0. The molecule has 2 aromatic rings. The third-order valence-electron chi connectivity index (χ3n) is 6.03. The maximum Gasteiger partial charge on any atom is 0.255 e. The summed E-state index contributed by atoms with van der Waals surface area (Å²) in [6.07, 6.45) is 4.60. The van der Waals surface area contributed by atoms with E-state index in [4.69, 9.17) is 0 Å². The summed E-state index contributed by atoms with van der Waals surface area (Å²) in [5, 5.41) is 2.88. The lowest BCUT2D eigenvalue weighted by Gasteiger charge is -2.22. The maximum atomic E-state index is 12.9. The molecule has 3 atom stereocenters. The molecule has 5 heteroatoms. The number of hydrogen-bond acceptors (Lipinski definition) is 3. The first-order valence-corrected chi connectivity index (χ1v) is 9.90. The molecule has 29 heavy (non-hydrogen) atoms. The van der Waals surface area contributed by atoms with Crippen molar-refractivity contribution in [3.05, 3.63) is 71.3 Å². The van der Waals surface area contributed by atoms with E-state index in [1.54, 1.807) is 24.3 Å². The second-order valence-electron chi connectivity index (χ2n) is 7.97. The Bertz CT molecular complexity index is 1020. The number of carbonyl (C=O) groups is 3. The number of rotatable bonds is 3. The molecule has 1 aliphatic heterocycles. The monoisotopic (exact) mass is 388 g/mol. The van der Waals surface area contributed by atoms with Crippen molar-refractivity contribution >= 4 is 29.1 Å². The van der Waals surface area contributed by atoms with Gasteiger partial charge in [0.2, 0.25) is 11.8 Å². The molecule has 5 nitrogen and oxygen atoms in total. The minimum Gasteiger partial charge on any atom is -0.322 e. The van der Waals surface area contributed by atoms with E-state index in [2.05, 4.69) is 5.32 Å². The number of aryl methyl sites for hydroxylation is 2. The van der Waals surface area contributed by atoms with E-state index in [1.807, 2.05) is 51.1 Å². The SMILES string of the molecule is Cc1ccc(NC(=O)c2ccc(N3C(=O)[C@@H]4[C@H](C)C=CC[C@H]4C3=O)cc2)cc1C. The van der Waals surface area contributed by atoms with Crippen molar-refractivity contribution in [3.8, 4) is 0 Å². The van der Waals surface area contributed by atoms with Gasteiger partial charge in [-0.05, 0) is 73.7 Å². The minimum absolute atomic E-state index is 0.0539. The van der Waals surface area contributed by atoms with Gasteiger partial charge in [0.05, 0.1) is 17.5 Å². The van der Waals surface area contributed by atoms with Crippen molar-refractivity contribution < 1.29 is 14.4 Å². The van der Waals surface area contributed by atoms with Gasteiger partial charge in [-0.1, -0.05) is 25.1 Å². The molecule has 0 saturated carbocycles. The Hall–Kier alpha value is -3.21. The Morgan fingerprint density at radius 2 is 1.72 bits per heavy atom. The van der Waals surface area contributed by atoms with Crippen molar-refractivity contribution in [1.29, 1.82) is 0 Å². The van der Waals surface area contributed by atoms with Gasteiger partial charge in [-0.25, -0.2) is 0 Å². The van der Waals surface area contributed by atoms with Crippen molar-refractivity contribution in [3.63, 3.8) is 0 Å². The lowest BCUT2D eigenvalue weighted by molar-refractivity contribution is -0.122. The molecular weight excluding hydrogens is 364 g/mol. The summed E-state index contributed by atoms with van der Waals surface area (Å²) in [5.74, 6) is -1.05. The van der Waals surface area contributed by atoms with Crippen LogP contribution in [0.4, 0.5) is 11.4 Å². The van der Waals surface area contributed by atoms with Crippen LogP contribution in [0.5, 0.6) is 0 Å². The fourth-order valence-electron chi connectivity index (χ4n) is 4.19.